The number of hydrogen-bond donors (Lipinski definition) is 2. The number of Topliss-reactive ketones (excluding diaryl/α,β-unsaturated/α-hetero) is 1. The molecule has 1 aliphatic carbocycles. The summed E-state index contributed by atoms with van der Waals surface area (Å²) in [6.07, 6.45) is 5.90. The normalized spacial score (nSPS) is 19.5. The Morgan fingerprint density at radius 3 is 2.14 bits per heavy atom. The van der Waals surface area contributed by atoms with E-state index in [1.54, 1.807) is 24.3 Å². The second-order valence-electron chi connectivity index (χ2n) is 8.82. The van der Waals surface area contributed by atoms with Crippen molar-refractivity contribution in [3.63, 3.8) is 0 Å². The van der Waals surface area contributed by atoms with Crippen LogP contribution in [-0.4, -0.2) is 40.2 Å². The van der Waals surface area contributed by atoms with E-state index in [9.17, 15) is 9.59 Å². The summed E-state index contributed by atoms with van der Waals surface area (Å²) in [7, 11) is 0. The van der Waals surface area contributed by atoms with Gasteiger partial charge in [-0.3, -0.25) is 9.59 Å². The summed E-state index contributed by atoms with van der Waals surface area (Å²) in [5.41, 5.74) is 1.68. The van der Waals surface area contributed by atoms with Crippen molar-refractivity contribution in [1.82, 2.24) is 20.6 Å². The molecule has 8 heteroatoms. The van der Waals surface area contributed by atoms with Crippen LogP contribution in [0.3, 0.4) is 0 Å². The third kappa shape index (κ3) is 3.87. The Labute approximate surface area is 201 Å². The number of fused-ring (bicyclic) bond motifs is 1. The van der Waals surface area contributed by atoms with Crippen LogP contribution in [0.4, 0.5) is 0 Å². The minimum atomic E-state index is -0.397. The average molecular weight is 466 g/mol. The number of nitrogens with zero attached hydrogens (tertiary/aromatic N) is 2. The number of carbonyl (C=O) groups excluding carboxylic acids is 2. The van der Waals surface area contributed by atoms with Crippen molar-refractivity contribution in [2.45, 2.75) is 18.4 Å². The van der Waals surface area contributed by atoms with E-state index in [2.05, 4.69) is 32.7 Å². The number of ketones is 2. The molecular formula is C27H22N4O4. The van der Waals surface area contributed by atoms with Gasteiger partial charge in [0.15, 0.2) is 11.5 Å². The number of allylic oxidation sites excluding steroid dienone is 2. The molecule has 1 aliphatic heterocycles. The van der Waals surface area contributed by atoms with Gasteiger partial charge in [0, 0.05) is 12.6 Å². The van der Waals surface area contributed by atoms with Gasteiger partial charge in [-0.15, -0.1) is 0 Å². The van der Waals surface area contributed by atoms with Gasteiger partial charge in [0.2, 0.25) is 11.6 Å². The summed E-state index contributed by atoms with van der Waals surface area (Å²) in [6.45, 7) is 1.50. The molecule has 1 atom stereocenters. The zero-order chi connectivity index (χ0) is 23.8. The molecule has 0 unspecified atom stereocenters. The van der Waals surface area contributed by atoms with Gasteiger partial charge in [0.1, 0.15) is 22.8 Å². The zero-order valence-corrected chi connectivity index (χ0v) is 18.8. The van der Waals surface area contributed by atoms with Crippen LogP contribution >= 0.6 is 0 Å². The fourth-order valence-electron chi connectivity index (χ4n) is 4.74. The van der Waals surface area contributed by atoms with Gasteiger partial charge in [0.25, 0.3) is 0 Å². The smallest absolute Gasteiger partial charge is 0.229 e. The predicted octanol–water partition coefficient (Wildman–Crippen LogP) is 3.82. The molecule has 0 bridgehead atoms. The summed E-state index contributed by atoms with van der Waals surface area (Å²) in [5, 5.41) is 6.80. The van der Waals surface area contributed by atoms with Crippen LogP contribution in [0.2, 0.25) is 0 Å². The van der Waals surface area contributed by atoms with Gasteiger partial charge in [0.05, 0.1) is 23.8 Å². The Morgan fingerprint density at radius 1 is 0.857 bits per heavy atom. The number of aromatic nitrogens is 2. The molecular weight excluding hydrogens is 444 g/mol. The van der Waals surface area contributed by atoms with E-state index in [4.69, 9.17) is 8.83 Å². The highest BCUT2D eigenvalue weighted by Gasteiger charge is 2.39. The fraction of sp³-hybridized carbons (Fsp3) is 0.185. The van der Waals surface area contributed by atoms with E-state index < -0.39 is 5.54 Å². The largest absolute Gasteiger partial charge is 0.463 e. The number of carbonyl (C=O) groups is 2. The van der Waals surface area contributed by atoms with Crippen LogP contribution in [0.5, 0.6) is 0 Å². The molecule has 174 valence electrons. The monoisotopic (exact) mass is 466 g/mol. The van der Waals surface area contributed by atoms with Crippen molar-refractivity contribution in [1.29, 1.82) is 0 Å². The van der Waals surface area contributed by atoms with Crippen molar-refractivity contribution in [3.05, 3.63) is 95.8 Å². The van der Waals surface area contributed by atoms with E-state index in [0.29, 0.717) is 35.9 Å². The SMILES string of the molecule is O=C1C=C(N[C@]2(Cc3ccccc3)CCNC2)C(=O)c2nc(-c3ccco3)c(-c3ccco3)nc21. The minimum absolute atomic E-state index is 0.00234. The topological polar surface area (TPSA) is 110 Å². The fourth-order valence-corrected chi connectivity index (χ4v) is 4.74. The Kier molecular flexibility index (Phi) is 5.15. The average Bonchev–Trinajstić information content (AvgIpc) is 3.66. The lowest BCUT2D eigenvalue weighted by Gasteiger charge is -2.32. The van der Waals surface area contributed by atoms with Crippen LogP contribution in [0, 0.1) is 0 Å². The lowest BCUT2D eigenvalue weighted by atomic mass is 9.88. The zero-order valence-electron chi connectivity index (χ0n) is 18.8. The number of hydrogen-bond acceptors (Lipinski definition) is 8. The molecule has 3 aromatic heterocycles. The first kappa shape index (κ1) is 21.2. The lowest BCUT2D eigenvalue weighted by molar-refractivity contribution is 0.0965. The molecule has 35 heavy (non-hydrogen) atoms. The number of rotatable bonds is 6. The van der Waals surface area contributed by atoms with Gasteiger partial charge < -0.3 is 19.5 Å². The first-order chi connectivity index (χ1) is 17.1. The van der Waals surface area contributed by atoms with E-state index in [1.807, 2.05) is 18.2 Å². The van der Waals surface area contributed by atoms with Gasteiger partial charge in [-0.2, -0.15) is 0 Å². The molecule has 2 aliphatic rings. The number of nitrogens with one attached hydrogen (secondary N) is 2. The third-order valence-electron chi connectivity index (χ3n) is 6.40. The molecule has 2 N–H and O–H groups in total. The molecule has 1 aromatic carbocycles. The van der Waals surface area contributed by atoms with Crippen molar-refractivity contribution >= 4 is 11.6 Å². The second kappa shape index (κ2) is 8.48. The molecule has 4 aromatic rings. The van der Waals surface area contributed by atoms with E-state index in [0.717, 1.165) is 18.5 Å². The maximum Gasteiger partial charge on any atom is 0.229 e. The van der Waals surface area contributed by atoms with Crippen LogP contribution in [0.25, 0.3) is 22.9 Å². The molecule has 0 amide bonds. The predicted molar refractivity (Wildman–Crippen MR) is 128 cm³/mol. The summed E-state index contributed by atoms with van der Waals surface area (Å²) in [6, 6.07) is 17.0. The molecule has 8 nitrogen and oxygen atoms in total. The molecule has 4 heterocycles. The van der Waals surface area contributed by atoms with Crippen molar-refractivity contribution < 1.29 is 18.4 Å². The van der Waals surface area contributed by atoms with Crippen molar-refractivity contribution in [3.8, 4) is 22.9 Å². The van der Waals surface area contributed by atoms with E-state index in [1.165, 1.54) is 18.6 Å². The Morgan fingerprint density at radius 2 is 1.54 bits per heavy atom. The molecule has 1 saturated heterocycles. The highest BCUT2D eigenvalue weighted by molar-refractivity contribution is 6.23. The van der Waals surface area contributed by atoms with Gasteiger partial charge in [-0.1, -0.05) is 30.3 Å². The summed E-state index contributed by atoms with van der Waals surface area (Å²) < 4.78 is 11.1. The highest BCUT2D eigenvalue weighted by Crippen LogP contribution is 2.33. The summed E-state index contributed by atoms with van der Waals surface area (Å²) >= 11 is 0. The molecule has 1 fully saturated rings. The maximum absolute atomic E-state index is 13.6. The second-order valence-corrected chi connectivity index (χ2v) is 8.82. The van der Waals surface area contributed by atoms with Crippen molar-refractivity contribution in [2.24, 2.45) is 0 Å². The quantitative estimate of drug-likeness (QED) is 0.441. The van der Waals surface area contributed by atoms with Gasteiger partial charge in [-0.25, -0.2) is 9.97 Å². The van der Waals surface area contributed by atoms with Crippen LogP contribution in [0.1, 0.15) is 33.0 Å². The Hall–Kier alpha value is -4.30. The Balaban J connectivity index is 1.39. The van der Waals surface area contributed by atoms with E-state index >= 15 is 0 Å². The first-order valence-electron chi connectivity index (χ1n) is 11.5. The minimum Gasteiger partial charge on any atom is -0.463 e. The summed E-state index contributed by atoms with van der Waals surface area (Å²) in [4.78, 5) is 35.9. The van der Waals surface area contributed by atoms with Crippen LogP contribution in [0.15, 0.2) is 87.7 Å². The molecule has 0 radical (unpaired) electrons. The van der Waals surface area contributed by atoms with Crippen molar-refractivity contribution in [2.75, 3.05) is 13.1 Å². The molecule has 6 rings (SSSR count). The Bertz CT molecular complexity index is 1420. The summed E-state index contributed by atoms with van der Waals surface area (Å²) in [5.74, 6) is 0.106. The third-order valence-corrected chi connectivity index (χ3v) is 6.40. The van der Waals surface area contributed by atoms with E-state index in [-0.39, 0.29) is 28.7 Å². The van der Waals surface area contributed by atoms with Crippen LogP contribution < -0.4 is 10.6 Å². The highest BCUT2D eigenvalue weighted by atomic mass is 16.3. The first-order valence-corrected chi connectivity index (χ1v) is 11.5. The standard InChI is InChI=1S/C27H22N4O4/c32-19-14-18(31-27(10-11-28-16-27)15-17-6-2-1-3-7-17)26(33)25-22(19)29-23(20-8-4-12-34-20)24(30-25)21-9-5-13-35-21/h1-9,12-14,28,31H,10-11,15-16H2/t27-/m0/s1. The van der Waals surface area contributed by atoms with Crippen LogP contribution in [-0.2, 0) is 6.42 Å². The lowest BCUT2D eigenvalue weighted by Crippen LogP contribution is -2.50. The number of furan rings is 2. The molecule has 0 spiro atoms. The molecule has 0 saturated carbocycles. The maximum atomic E-state index is 13.6. The number of benzene rings is 1. The van der Waals surface area contributed by atoms with Gasteiger partial charge >= 0.3 is 0 Å². The van der Waals surface area contributed by atoms with Gasteiger partial charge in [-0.05, 0) is 49.2 Å².